The van der Waals surface area contributed by atoms with Crippen LogP contribution in [0.5, 0.6) is 0 Å². The lowest BCUT2D eigenvalue weighted by atomic mass is 10.1. The maximum absolute atomic E-state index is 11.1. The summed E-state index contributed by atoms with van der Waals surface area (Å²) in [7, 11) is 0. The molecule has 15 heavy (non-hydrogen) atoms. The van der Waals surface area contributed by atoms with Crippen LogP contribution in [-0.4, -0.2) is 72.2 Å². The molecule has 5 nitrogen and oxygen atoms in total. The first kappa shape index (κ1) is 10.9. The molecule has 0 radical (unpaired) electrons. The van der Waals surface area contributed by atoms with Gasteiger partial charge in [-0.15, -0.1) is 0 Å². The van der Waals surface area contributed by atoms with Crippen molar-refractivity contribution < 1.29 is 9.90 Å². The fourth-order valence-electron chi connectivity index (χ4n) is 2.39. The van der Waals surface area contributed by atoms with E-state index in [1.807, 2.05) is 4.90 Å². The monoisotopic (exact) mass is 213 g/mol. The molecular formula is C10H19N3O2. The normalized spacial score (nSPS) is 33.3. The van der Waals surface area contributed by atoms with Crippen molar-refractivity contribution in [1.82, 2.24) is 15.1 Å². The molecule has 2 N–H and O–H groups in total. The number of nitrogens with zero attached hydrogens (tertiary/aromatic N) is 2. The Morgan fingerprint density at radius 2 is 1.93 bits per heavy atom. The van der Waals surface area contributed by atoms with Crippen molar-refractivity contribution in [1.29, 1.82) is 0 Å². The molecule has 0 aromatic heterocycles. The number of amides is 1. The molecule has 0 saturated carbocycles. The molecule has 2 aliphatic heterocycles. The van der Waals surface area contributed by atoms with Crippen molar-refractivity contribution >= 4 is 5.91 Å². The van der Waals surface area contributed by atoms with E-state index in [-0.39, 0.29) is 18.1 Å². The van der Waals surface area contributed by atoms with E-state index < -0.39 is 0 Å². The van der Waals surface area contributed by atoms with Crippen molar-refractivity contribution in [3.05, 3.63) is 0 Å². The van der Waals surface area contributed by atoms with E-state index in [4.69, 9.17) is 0 Å². The second-order valence-electron chi connectivity index (χ2n) is 4.33. The van der Waals surface area contributed by atoms with Gasteiger partial charge in [0.05, 0.1) is 6.10 Å². The van der Waals surface area contributed by atoms with Gasteiger partial charge in [0.15, 0.2) is 0 Å². The Morgan fingerprint density at radius 1 is 1.27 bits per heavy atom. The van der Waals surface area contributed by atoms with E-state index in [1.165, 1.54) is 0 Å². The highest BCUT2D eigenvalue weighted by molar-refractivity contribution is 5.73. The topological polar surface area (TPSA) is 55.8 Å². The van der Waals surface area contributed by atoms with E-state index in [0.29, 0.717) is 6.54 Å². The summed E-state index contributed by atoms with van der Waals surface area (Å²) < 4.78 is 0. The number of nitrogens with one attached hydrogen (secondary N) is 1. The minimum Gasteiger partial charge on any atom is -0.390 e. The molecule has 2 fully saturated rings. The van der Waals surface area contributed by atoms with Crippen LogP contribution in [0, 0.1) is 0 Å². The molecule has 5 heteroatoms. The molecular weight excluding hydrogens is 194 g/mol. The fraction of sp³-hybridized carbons (Fsp3) is 0.900. The van der Waals surface area contributed by atoms with Crippen LogP contribution in [0.2, 0.25) is 0 Å². The molecule has 2 rings (SSSR count). The van der Waals surface area contributed by atoms with Crippen LogP contribution < -0.4 is 5.32 Å². The summed E-state index contributed by atoms with van der Waals surface area (Å²) in [6.07, 6.45) is -0.256. The average Bonchev–Trinajstić information content (AvgIpc) is 2.65. The van der Waals surface area contributed by atoms with Gasteiger partial charge in [0.2, 0.25) is 5.91 Å². The van der Waals surface area contributed by atoms with Gasteiger partial charge < -0.3 is 15.3 Å². The third-order valence-electron chi connectivity index (χ3n) is 3.38. The largest absolute Gasteiger partial charge is 0.390 e. The Bertz CT molecular complexity index is 239. The Morgan fingerprint density at radius 3 is 2.40 bits per heavy atom. The molecule has 2 unspecified atom stereocenters. The van der Waals surface area contributed by atoms with Crippen LogP contribution in [-0.2, 0) is 4.79 Å². The summed E-state index contributed by atoms with van der Waals surface area (Å²) in [6.45, 7) is 6.50. The molecule has 0 aliphatic carbocycles. The van der Waals surface area contributed by atoms with Gasteiger partial charge in [-0.25, -0.2) is 0 Å². The number of piperazine rings is 1. The molecule has 1 amide bonds. The Kier molecular flexibility index (Phi) is 3.23. The van der Waals surface area contributed by atoms with Crippen molar-refractivity contribution in [2.75, 3.05) is 39.3 Å². The van der Waals surface area contributed by atoms with Crippen molar-refractivity contribution in [3.8, 4) is 0 Å². The molecule has 0 aromatic rings. The summed E-state index contributed by atoms with van der Waals surface area (Å²) in [5.41, 5.74) is 0. The SMILES string of the molecule is CC(=O)N1CCN(C2CNCC2O)CC1. The summed E-state index contributed by atoms with van der Waals surface area (Å²) in [5, 5.41) is 12.9. The minimum absolute atomic E-state index is 0.153. The number of aliphatic hydroxyl groups is 1. The molecule has 2 saturated heterocycles. The summed E-state index contributed by atoms with van der Waals surface area (Å²) >= 11 is 0. The van der Waals surface area contributed by atoms with Gasteiger partial charge in [-0.3, -0.25) is 9.69 Å². The van der Waals surface area contributed by atoms with Gasteiger partial charge in [-0.05, 0) is 0 Å². The third kappa shape index (κ3) is 2.30. The maximum Gasteiger partial charge on any atom is 0.219 e. The number of aliphatic hydroxyl groups excluding tert-OH is 1. The Labute approximate surface area is 90.0 Å². The lowest BCUT2D eigenvalue weighted by Gasteiger charge is -2.38. The van der Waals surface area contributed by atoms with Crippen molar-refractivity contribution in [2.45, 2.75) is 19.1 Å². The number of rotatable bonds is 1. The van der Waals surface area contributed by atoms with Crippen LogP contribution >= 0.6 is 0 Å². The quantitative estimate of drug-likeness (QED) is 0.556. The van der Waals surface area contributed by atoms with Crippen LogP contribution in [0.3, 0.4) is 0 Å². The summed E-state index contributed by atoms with van der Waals surface area (Å²) in [6, 6.07) is 0.235. The van der Waals surface area contributed by atoms with Gasteiger partial charge in [0.1, 0.15) is 0 Å². The van der Waals surface area contributed by atoms with E-state index in [2.05, 4.69) is 10.2 Å². The van der Waals surface area contributed by atoms with Gasteiger partial charge in [-0.1, -0.05) is 0 Å². The first-order chi connectivity index (χ1) is 7.18. The van der Waals surface area contributed by atoms with E-state index in [0.717, 1.165) is 32.7 Å². The fourth-order valence-corrected chi connectivity index (χ4v) is 2.39. The summed E-state index contributed by atoms with van der Waals surface area (Å²) in [4.78, 5) is 15.3. The smallest absolute Gasteiger partial charge is 0.219 e. The van der Waals surface area contributed by atoms with E-state index in [9.17, 15) is 9.90 Å². The first-order valence-electron chi connectivity index (χ1n) is 5.57. The molecule has 0 spiro atoms. The van der Waals surface area contributed by atoms with Gasteiger partial charge >= 0.3 is 0 Å². The lowest BCUT2D eigenvalue weighted by Crippen LogP contribution is -2.54. The summed E-state index contributed by atoms with van der Waals surface area (Å²) in [5.74, 6) is 0.153. The molecule has 2 heterocycles. The van der Waals surface area contributed by atoms with Crippen LogP contribution in [0.25, 0.3) is 0 Å². The zero-order valence-electron chi connectivity index (χ0n) is 9.15. The molecule has 86 valence electrons. The van der Waals surface area contributed by atoms with Crippen LogP contribution in [0.4, 0.5) is 0 Å². The highest BCUT2D eigenvalue weighted by Crippen LogP contribution is 2.12. The standard InChI is InChI=1S/C10H19N3O2/c1-8(14)12-2-4-13(5-3-12)9-6-11-7-10(9)15/h9-11,15H,2-7H2,1H3. The van der Waals surface area contributed by atoms with Crippen molar-refractivity contribution in [3.63, 3.8) is 0 Å². The van der Waals surface area contributed by atoms with Gasteiger partial charge in [-0.2, -0.15) is 0 Å². The van der Waals surface area contributed by atoms with Crippen LogP contribution in [0.15, 0.2) is 0 Å². The molecule has 2 atom stereocenters. The van der Waals surface area contributed by atoms with E-state index in [1.54, 1.807) is 6.92 Å². The molecule has 2 aliphatic rings. The third-order valence-corrected chi connectivity index (χ3v) is 3.38. The molecule has 0 bridgehead atoms. The minimum atomic E-state index is -0.256. The van der Waals surface area contributed by atoms with Gasteiger partial charge in [0, 0.05) is 52.2 Å². The van der Waals surface area contributed by atoms with E-state index >= 15 is 0 Å². The average molecular weight is 213 g/mol. The number of carbonyl (C=O) groups is 1. The first-order valence-corrected chi connectivity index (χ1v) is 5.57. The lowest BCUT2D eigenvalue weighted by molar-refractivity contribution is -0.131. The Balaban J connectivity index is 1.85. The van der Waals surface area contributed by atoms with Gasteiger partial charge in [0.25, 0.3) is 0 Å². The highest BCUT2D eigenvalue weighted by atomic mass is 16.3. The second-order valence-corrected chi connectivity index (χ2v) is 4.33. The zero-order valence-corrected chi connectivity index (χ0v) is 9.15. The predicted octanol–water partition coefficient (Wildman–Crippen LogP) is -1.52. The number of carbonyl (C=O) groups excluding carboxylic acids is 1. The Hall–Kier alpha value is -0.650. The zero-order chi connectivity index (χ0) is 10.8. The number of β-amino-alcohol motifs (C(OH)–C–C–N with tert-alkyl or cyclic N) is 1. The van der Waals surface area contributed by atoms with Crippen molar-refractivity contribution in [2.24, 2.45) is 0 Å². The molecule has 0 aromatic carbocycles. The predicted molar refractivity (Wildman–Crippen MR) is 56.5 cm³/mol. The number of hydrogen-bond acceptors (Lipinski definition) is 4. The highest BCUT2D eigenvalue weighted by Gasteiger charge is 2.32. The number of hydrogen-bond donors (Lipinski definition) is 2. The van der Waals surface area contributed by atoms with Crippen LogP contribution in [0.1, 0.15) is 6.92 Å². The second kappa shape index (κ2) is 4.47. The maximum atomic E-state index is 11.1.